The van der Waals surface area contributed by atoms with Crippen molar-refractivity contribution < 1.29 is 36.0 Å². The summed E-state index contributed by atoms with van der Waals surface area (Å²) in [5.74, 6) is -1.33. The Bertz CT molecular complexity index is 604. The van der Waals surface area contributed by atoms with Crippen molar-refractivity contribution in [1.82, 2.24) is 9.71 Å². The van der Waals surface area contributed by atoms with Crippen molar-refractivity contribution in [3.63, 3.8) is 0 Å². The van der Waals surface area contributed by atoms with E-state index in [4.69, 9.17) is 0 Å². The van der Waals surface area contributed by atoms with Crippen LogP contribution in [-0.2, 0) is 16.9 Å². The highest BCUT2D eigenvalue weighted by atomic mass is 79.9. The summed E-state index contributed by atoms with van der Waals surface area (Å²) in [6.07, 6.45) is -13.8. The Balaban J connectivity index is 3.57. The van der Waals surface area contributed by atoms with Gasteiger partial charge in [-0.05, 0) is 48.8 Å². The van der Waals surface area contributed by atoms with Gasteiger partial charge >= 0.3 is 6.18 Å². The molecule has 0 amide bonds. The summed E-state index contributed by atoms with van der Waals surface area (Å²) >= 11 is 0.522. The Morgan fingerprint density at radius 1 is 1.27 bits per heavy atom. The average molecular weight is 471 g/mol. The molecule has 0 aromatic carbocycles. The molecular weight excluding hydrogens is 454 g/mol. The molecule has 1 aromatic rings. The van der Waals surface area contributed by atoms with Crippen LogP contribution in [0.3, 0.4) is 0 Å². The predicted octanol–water partition coefficient (Wildman–Crippen LogP) is 3.81. The second-order valence-corrected chi connectivity index (χ2v) is 9.26. The lowest BCUT2D eigenvalue weighted by molar-refractivity contribution is -0.214. The normalized spacial score (nSPS) is 17.9. The quantitative estimate of drug-likeness (QED) is 0.376. The number of aliphatic hydroxyl groups is 1. The largest absolute Gasteiger partial charge is 0.598 e. The van der Waals surface area contributed by atoms with E-state index in [1.54, 1.807) is 0 Å². The maximum absolute atomic E-state index is 14.2. The summed E-state index contributed by atoms with van der Waals surface area (Å²) in [6.45, 7) is 4.16. The Hall–Kier alpha value is -0.560. The summed E-state index contributed by atoms with van der Waals surface area (Å²) in [5.41, 5.74) is -4.22. The first-order valence-corrected chi connectivity index (χ1v) is 9.10. The van der Waals surface area contributed by atoms with Gasteiger partial charge in [-0.1, -0.05) is 0 Å². The standard InChI is InChI=1S/C14H17BrF6N2O2S/c1-12(2,3)26(25)23-13(11(17)18,6-8(24)14(19,20)21)10-7(16)4-5-9(15)22-10/h4-5,8,11,23-24H,6H2,1-3H3/t8-,13?,26?/m1/s1. The molecule has 2 unspecified atom stereocenters. The van der Waals surface area contributed by atoms with Gasteiger partial charge in [0.2, 0.25) is 0 Å². The Morgan fingerprint density at radius 3 is 2.23 bits per heavy atom. The number of alkyl halides is 5. The van der Waals surface area contributed by atoms with Crippen molar-refractivity contribution in [2.24, 2.45) is 0 Å². The molecule has 0 aliphatic heterocycles. The molecule has 0 fully saturated rings. The van der Waals surface area contributed by atoms with Gasteiger partial charge in [0, 0.05) is 17.8 Å². The van der Waals surface area contributed by atoms with Crippen molar-refractivity contribution >= 4 is 27.3 Å². The lowest BCUT2D eigenvalue weighted by Crippen LogP contribution is -2.58. The van der Waals surface area contributed by atoms with Crippen LogP contribution in [0, 0.1) is 5.82 Å². The van der Waals surface area contributed by atoms with E-state index in [2.05, 4.69) is 20.9 Å². The lowest BCUT2D eigenvalue weighted by atomic mass is 9.88. The van der Waals surface area contributed by atoms with Crippen molar-refractivity contribution in [3.05, 3.63) is 28.2 Å². The summed E-state index contributed by atoms with van der Waals surface area (Å²) in [4.78, 5) is 3.52. The number of pyridine rings is 1. The fourth-order valence-electron chi connectivity index (χ4n) is 1.89. The van der Waals surface area contributed by atoms with E-state index in [0.717, 1.165) is 12.1 Å². The third kappa shape index (κ3) is 5.47. The van der Waals surface area contributed by atoms with Gasteiger partial charge in [0.15, 0.2) is 11.6 Å². The Labute approximate surface area is 157 Å². The molecule has 0 saturated heterocycles. The van der Waals surface area contributed by atoms with E-state index in [9.17, 15) is 36.0 Å². The first kappa shape index (κ1) is 23.5. The summed E-state index contributed by atoms with van der Waals surface area (Å²) in [7, 11) is 0. The van der Waals surface area contributed by atoms with E-state index in [1.165, 1.54) is 20.8 Å². The molecule has 0 saturated carbocycles. The zero-order valence-electron chi connectivity index (χ0n) is 13.9. The van der Waals surface area contributed by atoms with Crippen LogP contribution in [0.25, 0.3) is 0 Å². The molecule has 12 heteroatoms. The van der Waals surface area contributed by atoms with Crippen LogP contribution >= 0.6 is 15.9 Å². The van der Waals surface area contributed by atoms with Crippen molar-refractivity contribution in [1.29, 1.82) is 0 Å². The molecular formula is C14H17BrF6N2O2S. The molecule has 1 heterocycles. The second-order valence-electron chi connectivity index (χ2n) is 6.48. The fourth-order valence-corrected chi connectivity index (χ4v) is 3.11. The molecule has 150 valence electrons. The van der Waals surface area contributed by atoms with Gasteiger partial charge in [-0.3, -0.25) is 0 Å². The maximum Gasteiger partial charge on any atom is 0.414 e. The molecule has 1 rings (SSSR count). The second kappa shape index (κ2) is 8.21. The molecule has 2 N–H and O–H groups in total. The van der Waals surface area contributed by atoms with E-state index in [0.29, 0.717) is 0 Å². The number of aliphatic hydroxyl groups excluding tert-OH is 1. The molecule has 4 nitrogen and oxygen atoms in total. The smallest absolute Gasteiger partial charge is 0.414 e. The van der Waals surface area contributed by atoms with E-state index >= 15 is 0 Å². The van der Waals surface area contributed by atoms with Crippen molar-refractivity contribution in [2.75, 3.05) is 0 Å². The third-order valence-corrected chi connectivity index (χ3v) is 5.43. The van der Waals surface area contributed by atoms with Crippen LogP contribution in [-0.4, -0.2) is 38.1 Å². The van der Waals surface area contributed by atoms with E-state index in [1.807, 2.05) is 4.72 Å². The van der Waals surface area contributed by atoms with Crippen molar-refractivity contribution in [2.45, 2.75) is 56.2 Å². The first-order valence-electron chi connectivity index (χ1n) is 7.16. The topological polar surface area (TPSA) is 68.2 Å². The fraction of sp³-hybridized carbons (Fsp3) is 0.643. The van der Waals surface area contributed by atoms with E-state index in [-0.39, 0.29) is 4.60 Å². The van der Waals surface area contributed by atoms with Crippen LogP contribution in [0.1, 0.15) is 32.9 Å². The highest BCUT2D eigenvalue weighted by molar-refractivity contribution is 9.10. The van der Waals surface area contributed by atoms with Gasteiger partial charge in [0.05, 0.1) is 0 Å². The summed E-state index contributed by atoms with van der Waals surface area (Å²) < 4.78 is 93.4. The number of hydrogen-bond donors (Lipinski definition) is 2. The minimum Gasteiger partial charge on any atom is -0.598 e. The lowest BCUT2D eigenvalue weighted by Gasteiger charge is -2.37. The number of halogens is 7. The van der Waals surface area contributed by atoms with Gasteiger partial charge in [0.25, 0.3) is 6.43 Å². The van der Waals surface area contributed by atoms with Gasteiger partial charge in [-0.25, -0.2) is 18.2 Å². The number of nitrogens with zero attached hydrogens (tertiary/aromatic N) is 1. The Morgan fingerprint density at radius 2 is 1.81 bits per heavy atom. The highest BCUT2D eigenvalue weighted by Crippen LogP contribution is 2.39. The predicted molar refractivity (Wildman–Crippen MR) is 87.3 cm³/mol. The van der Waals surface area contributed by atoms with Gasteiger partial charge in [-0.15, -0.1) is 4.72 Å². The van der Waals surface area contributed by atoms with Crippen LogP contribution in [0.5, 0.6) is 0 Å². The minimum absolute atomic E-state index is 0.122. The average Bonchev–Trinajstić information content (AvgIpc) is 2.46. The minimum atomic E-state index is -5.24. The SMILES string of the molecule is CC(C)(C)[S+]([O-])NC(C[C@@H](O)C(F)(F)F)(c1nc(Br)ccc1F)C(F)F. The van der Waals surface area contributed by atoms with Crippen LogP contribution in [0.15, 0.2) is 16.7 Å². The molecule has 0 radical (unpaired) electrons. The number of hydrogen-bond acceptors (Lipinski definition) is 4. The van der Waals surface area contributed by atoms with Crippen LogP contribution in [0.2, 0.25) is 0 Å². The Kier molecular flexibility index (Phi) is 7.41. The molecule has 0 spiro atoms. The van der Waals surface area contributed by atoms with Gasteiger partial charge in [-0.2, -0.15) is 13.2 Å². The number of nitrogens with one attached hydrogen (secondary N) is 1. The molecule has 0 aliphatic rings. The first-order chi connectivity index (χ1) is 11.6. The molecule has 26 heavy (non-hydrogen) atoms. The molecule has 0 aliphatic carbocycles. The number of aromatic nitrogens is 1. The van der Waals surface area contributed by atoms with Crippen LogP contribution in [0.4, 0.5) is 26.3 Å². The zero-order chi connectivity index (χ0) is 20.5. The molecule has 3 atom stereocenters. The summed E-state index contributed by atoms with van der Waals surface area (Å²) in [5, 5.41) is 9.35. The number of rotatable bonds is 6. The van der Waals surface area contributed by atoms with Gasteiger partial charge in [0.1, 0.15) is 20.9 Å². The zero-order valence-corrected chi connectivity index (χ0v) is 16.3. The molecule has 1 aromatic heterocycles. The van der Waals surface area contributed by atoms with E-state index < -0.39 is 58.3 Å². The summed E-state index contributed by atoms with van der Waals surface area (Å²) in [6, 6.07) is 1.79. The highest BCUT2D eigenvalue weighted by Gasteiger charge is 2.55. The maximum atomic E-state index is 14.2. The monoisotopic (exact) mass is 470 g/mol. The third-order valence-electron chi connectivity index (χ3n) is 3.33. The van der Waals surface area contributed by atoms with Crippen molar-refractivity contribution in [3.8, 4) is 0 Å². The van der Waals surface area contributed by atoms with Gasteiger partial charge < -0.3 is 9.66 Å². The van der Waals surface area contributed by atoms with Crippen LogP contribution < -0.4 is 4.72 Å². The molecule has 0 bridgehead atoms.